The van der Waals surface area contributed by atoms with Gasteiger partial charge in [-0.15, -0.1) is 5.10 Å². The van der Waals surface area contributed by atoms with E-state index in [0.717, 1.165) is 22.5 Å². The fraction of sp³-hybridized carbons (Fsp3) is 0.222. The minimum absolute atomic E-state index is 0.122. The van der Waals surface area contributed by atoms with Gasteiger partial charge in [-0.3, -0.25) is 4.79 Å². The molecule has 26 heavy (non-hydrogen) atoms. The molecule has 3 rings (SSSR count). The highest BCUT2D eigenvalue weighted by molar-refractivity contribution is 5.95. The molecule has 0 aliphatic heterocycles. The van der Waals surface area contributed by atoms with Crippen LogP contribution in [0, 0.1) is 13.8 Å². The average Bonchev–Trinajstić information content (AvgIpc) is 3.16. The lowest BCUT2D eigenvalue weighted by atomic mass is 10.1. The zero-order chi connectivity index (χ0) is 18.5. The topological polar surface area (TPSA) is 94.0 Å². The van der Waals surface area contributed by atoms with Crippen molar-refractivity contribution in [2.75, 3.05) is 24.3 Å². The van der Waals surface area contributed by atoms with Crippen LogP contribution in [-0.4, -0.2) is 39.8 Å². The number of amides is 1. The standard InChI is InChI=1S/C18H20N6O2/c1-12-4-7-17(26-3)16(8-12)21-18(25)10-19-15-9-14(6-5-13(15)2)24-11-20-22-23-24/h4-9,11,19H,10H2,1-3H3,(H,21,25). The predicted octanol–water partition coefficient (Wildman–Crippen LogP) is 2.34. The molecule has 0 bridgehead atoms. The molecule has 0 spiro atoms. The zero-order valence-electron chi connectivity index (χ0n) is 14.9. The molecule has 1 amide bonds. The van der Waals surface area contributed by atoms with Gasteiger partial charge in [0, 0.05) is 5.69 Å². The monoisotopic (exact) mass is 352 g/mol. The largest absolute Gasteiger partial charge is 0.495 e. The summed E-state index contributed by atoms with van der Waals surface area (Å²) in [7, 11) is 1.58. The first kappa shape index (κ1) is 17.4. The molecule has 8 nitrogen and oxygen atoms in total. The van der Waals surface area contributed by atoms with Gasteiger partial charge in [0.1, 0.15) is 12.1 Å². The molecule has 0 saturated heterocycles. The lowest BCUT2D eigenvalue weighted by Gasteiger charge is -2.13. The summed E-state index contributed by atoms with van der Waals surface area (Å²) in [6, 6.07) is 11.4. The number of carbonyl (C=O) groups excluding carboxylic acids is 1. The third-order valence-electron chi connectivity index (χ3n) is 3.90. The molecular formula is C18H20N6O2. The quantitative estimate of drug-likeness (QED) is 0.707. The number of ether oxygens (including phenoxy) is 1. The van der Waals surface area contributed by atoms with E-state index in [-0.39, 0.29) is 12.5 Å². The summed E-state index contributed by atoms with van der Waals surface area (Å²) in [4.78, 5) is 12.3. The Kier molecular flexibility index (Phi) is 5.12. The smallest absolute Gasteiger partial charge is 0.243 e. The van der Waals surface area contributed by atoms with E-state index in [0.29, 0.717) is 11.4 Å². The van der Waals surface area contributed by atoms with Gasteiger partial charge in [-0.2, -0.15) is 0 Å². The highest BCUT2D eigenvalue weighted by Crippen LogP contribution is 2.25. The normalized spacial score (nSPS) is 10.4. The summed E-state index contributed by atoms with van der Waals surface area (Å²) in [5.74, 6) is 0.460. The Bertz CT molecular complexity index is 908. The van der Waals surface area contributed by atoms with Crippen LogP contribution in [0.15, 0.2) is 42.7 Å². The molecule has 1 aromatic heterocycles. The van der Waals surface area contributed by atoms with Crippen molar-refractivity contribution in [1.29, 1.82) is 0 Å². The molecule has 0 atom stereocenters. The second-order valence-electron chi connectivity index (χ2n) is 5.86. The van der Waals surface area contributed by atoms with Crippen LogP contribution in [0.3, 0.4) is 0 Å². The highest BCUT2D eigenvalue weighted by atomic mass is 16.5. The number of hydrogen-bond acceptors (Lipinski definition) is 6. The van der Waals surface area contributed by atoms with Crippen molar-refractivity contribution in [3.05, 3.63) is 53.9 Å². The van der Waals surface area contributed by atoms with Crippen LogP contribution in [0.1, 0.15) is 11.1 Å². The van der Waals surface area contributed by atoms with Crippen LogP contribution >= 0.6 is 0 Å². The summed E-state index contributed by atoms with van der Waals surface area (Å²) in [6.07, 6.45) is 1.52. The van der Waals surface area contributed by atoms with E-state index in [2.05, 4.69) is 26.2 Å². The van der Waals surface area contributed by atoms with Gasteiger partial charge >= 0.3 is 0 Å². The SMILES string of the molecule is COc1ccc(C)cc1NC(=O)CNc1cc(-n2cnnn2)ccc1C. The van der Waals surface area contributed by atoms with Crippen LogP contribution in [-0.2, 0) is 4.79 Å². The number of nitrogens with one attached hydrogen (secondary N) is 2. The van der Waals surface area contributed by atoms with Crippen molar-refractivity contribution in [3.63, 3.8) is 0 Å². The van der Waals surface area contributed by atoms with E-state index in [1.165, 1.54) is 6.33 Å². The number of aromatic nitrogens is 4. The predicted molar refractivity (Wildman–Crippen MR) is 98.7 cm³/mol. The van der Waals surface area contributed by atoms with Crippen LogP contribution < -0.4 is 15.4 Å². The number of aryl methyl sites for hydroxylation is 2. The van der Waals surface area contributed by atoms with E-state index in [1.54, 1.807) is 11.8 Å². The Morgan fingerprint density at radius 1 is 1.15 bits per heavy atom. The minimum Gasteiger partial charge on any atom is -0.495 e. The molecule has 0 aliphatic rings. The van der Waals surface area contributed by atoms with Crippen molar-refractivity contribution < 1.29 is 9.53 Å². The first-order valence-electron chi connectivity index (χ1n) is 8.09. The maximum absolute atomic E-state index is 12.3. The van der Waals surface area contributed by atoms with E-state index in [4.69, 9.17) is 4.74 Å². The van der Waals surface area contributed by atoms with E-state index >= 15 is 0 Å². The number of tetrazole rings is 1. The molecule has 134 valence electrons. The molecule has 0 fully saturated rings. The van der Waals surface area contributed by atoms with Crippen LogP contribution in [0.2, 0.25) is 0 Å². The summed E-state index contributed by atoms with van der Waals surface area (Å²) < 4.78 is 6.84. The zero-order valence-corrected chi connectivity index (χ0v) is 14.9. The molecule has 0 aliphatic carbocycles. The summed E-state index contributed by atoms with van der Waals surface area (Å²) >= 11 is 0. The number of benzene rings is 2. The third-order valence-corrected chi connectivity index (χ3v) is 3.90. The first-order chi connectivity index (χ1) is 12.6. The average molecular weight is 352 g/mol. The number of methoxy groups -OCH3 is 1. The molecule has 0 unspecified atom stereocenters. The molecule has 1 heterocycles. The van der Waals surface area contributed by atoms with Gasteiger partial charge < -0.3 is 15.4 Å². The maximum Gasteiger partial charge on any atom is 0.243 e. The molecule has 3 aromatic rings. The van der Waals surface area contributed by atoms with Crippen LogP contribution in [0.4, 0.5) is 11.4 Å². The van der Waals surface area contributed by atoms with Gasteiger partial charge in [0.2, 0.25) is 5.91 Å². The van der Waals surface area contributed by atoms with Crippen LogP contribution in [0.5, 0.6) is 5.75 Å². The van der Waals surface area contributed by atoms with E-state index in [1.807, 2.05) is 50.2 Å². The first-order valence-corrected chi connectivity index (χ1v) is 8.09. The van der Waals surface area contributed by atoms with Gasteiger partial charge in [-0.25, -0.2) is 4.68 Å². The molecule has 2 aromatic carbocycles. The van der Waals surface area contributed by atoms with Crippen molar-refractivity contribution >= 4 is 17.3 Å². The fourth-order valence-electron chi connectivity index (χ4n) is 2.51. The lowest BCUT2D eigenvalue weighted by molar-refractivity contribution is -0.114. The molecule has 0 saturated carbocycles. The third kappa shape index (κ3) is 3.97. The second kappa shape index (κ2) is 7.64. The van der Waals surface area contributed by atoms with Crippen LogP contribution in [0.25, 0.3) is 5.69 Å². The van der Waals surface area contributed by atoms with E-state index in [9.17, 15) is 4.79 Å². The van der Waals surface area contributed by atoms with Crippen molar-refractivity contribution in [2.45, 2.75) is 13.8 Å². The summed E-state index contributed by atoms with van der Waals surface area (Å²) in [5.41, 5.74) is 4.36. The highest BCUT2D eigenvalue weighted by Gasteiger charge is 2.09. The van der Waals surface area contributed by atoms with Crippen molar-refractivity contribution in [3.8, 4) is 11.4 Å². The summed E-state index contributed by atoms with van der Waals surface area (Å²) in [6.45, 7) is 4.05. The lowest BCUT2D eigenvalue weighted by Crippen LogP contribution is -2.22. The number of hydrogen-bond donors (Lipinski definition) is 2. The van der Waals surface area contributed by atoms with Crippen molar-refractivity contribution in [1.82, 2.24) is 20.2 Å². The van der Waals surface area contributed by atoms with Gasteiger partial charge in [0.05, 0.1) is 25.0 Å². The maximum atomic E-state index is 12.3. The minimum atomic E-state index is -0.166. The van der Waals surface area contributed by atoms with Crippen molar-refractivity contribution in [2.24, 2.45) is 0 Å². The second-order valence-corrected chi connectivity index (χ2v) is 5.86. The Hall–Kier alpha value is -3.42. The number of nitrogens with zero attached hydrogens (tertiary/aromatic N) is 4. The Morgan fingerprint density at radius 2 is 2.00 bits per heavy atom. The van der Waals surface area contributed by atoms with Gasteiger partial charge in [-0.05, 0) is 59.7 Å². The molecule has 2 N–H and O–H groups in total. The summed E-state index contributed by atoms with van der Waals surface area (Å²) in [5, 5.41) is 17.2. The number of carbonyl (C=O) groups is 1. The molecule has 0 radical (unpaired) electrons. The van der Waals surface area contributed by atoms with Gasteiger partial charge in [-0.1, -0.05) is 12.1 Å². The number of rotatable bonds is 6. The van der Waals surface area contributed by atoms with E-state index < -0.39 is 0 Å². The van der Waals surface area contributed by atoms with Gasteiger partial charge in [0.15, 0.2) is 0 Å². The van der Waals surface area contributed by atoms with Gasteiger partial charge in [0.25, 0.3) is 0 Å². The fourth-order valence-corrected chi connectivity index (χ4v) is 2.51. The molecule has 8 heteroatoms. The molecular weight excluding hydrogens is 332 g/mol. The Morgan fingerprint density at radius 3 is 2.73 bits per heavy atom. The Labute approximate surface area is 151 Å². The Balaban J connectivity index is 1.68. The number of anilines is 2.